The van der Waals surface area contributed by atoms with Crippen molar-refractivity contribution < 1.29 is 5.11 Å². The second-order valence-electron chi connectivity index (χ2n) is 4.35. The van der Waals surface area contributed by atoms with E-state index in [0.717, 1.165) is 19.4 Å². The van der Waals surface area contributed by atoms with E-state index in [1.165, 1.54) is 0 Å². The molecule has 2 heteroatoms. The molecular formula is C9H19NO. The number of rotatable bonds is 0. The lowest BCUT2D eigenvalue weighted by Crippen LogP contribution is -2.39. The highest BCUT2D eigenvalue weighted by molar-refractivity contribution is 4.85. The first-order chi connectivity index (χ1) is 5.01. The van der Waals surface area contributed by atoms with E-state index in [2.05, 4.69) is 26.1 Å². The highest BCUT2D eigenvalue weighted by atomic mass is 16.3. The maximum absolute atomic E-state index is 9.55. The van der Waals surface area contributed by atoms with Crippen molar-refractivity contribution in [2.75, 3.05) is 6.54 Å². The molecule has 1 heterocycles. The van der Waals surface area contributed by atoms with Crippen LogP contribution >= 0.6 is 0 Å². The standard InChI is InChI=1S/C9H19NO/c1-7-6-10-9(2,3)5-4-8(7)11/h7-8,10-11H,4-6H2,1-3H3. The highest BCUT2D eigenvalue weighted by Gasteiger charge is 2.26. The molecule has 0 aromatic heterocycles. The van der Waals surface area contributed by atoms with Crippen molar-refractivity contribution in [3.05, 3.63) is 0 Å². The summed E-state index contributed by atoms with van der Waals surface area (Å²) in [5.74, 6) is 0.400. The van der Waals surface area contributed by atoms with Gasteiger partial charge in [-0.1, -0.05) is 6.92 Å². The molecule has 2 nitrogen and oxygen atoms in total. The fraction of sp³-hybridized carbons (Fsp3) is 1.00. The molecule has 2 atom stereocenters. The van der Waals surface area contributed by atoms with E-state index in [4.69, 9.17) is 0 Å². The van der Waals surface area contributed by atoms with Gasteiger partial charge in [-0.25, -0.2) is 0 Å². The lowest BCUT2D eigenvalue weighted by molar-refractivity contribution is 0.115. The minimum atomic E-state index is -0.107. The Kier molecular flexibility index (Phi) is 2.55. The summed E-state index contributed by atoms with van der Waals surface area (Å²) in [5, 5.41) is 13.0. The Morgan fingerprint density at radius 1 is 1.45 bits per heavy atom. The molecule has 1 fully saturated rings. The van der Waals surface area contributed by atoms with Gasteiger partial charge in [-0.2, -0.15) is 0 Å². The molecular weight excluding hydrogens is 138 g/mol. The molecule has 0 aromatic carbocycles. The van der Waals surface area contributed by atoms with Crippen LogP contribution in [-0.4, -0.2) is 23.3 Å². The van der Waals surface area contributed by atoms with Crippen molar-refractivity contribution in [2.45, 2.75) is 45.3 Å². The van der Waals surface area contributed by atoms with Crippen molar-refractivity contribution in [1.29, 1.82) is 0 Å². The summed E-state index contributed by atoms with van der Waals surface area (Å²) in [5.41, 5.74) is 0.214. The average Bonchev–Trinajstić information content (AvgIpc) is 2.03. The van der Waals surface area contributed by atoms with Crippen molar-refractivity contribution >= 4 is 0 Å². The normalized spacial score (nSPS) is 38.2. The van der Waals surface area contributed by atoms with Crippen LogP contribution in [0.25, 0.3) is 0 Å². The van der Waals surface area contributed by atoms with E-state index in [-0.39, 0.29) is 11.6 Å². The van der Waals surface area contributed by atoms with Gasteiger partial charge in [0.2, 0.25) is 0 Å². The number of hydrogen-bond acceptors (Lipinski definition) is 2. The van der Waals surface area contributed by atoms with Crippen molar-refractivity contribution in [3.63, 3.8) is 0 Å². The Hall–Kier alpha value is -0.0800. The van der Waals surface area contributed by atoms with Gasteiger partial charge in [0, 0.05) is 12.1 Å². The van der Waals surface area contributed by atoms with Gasteiger partial charge in [-0.05, 0) is 32.6 Å². The minimum Gasteiger partial charge on any atom is -0.393 e. The zero-order valence-corrected chi connectivity index (χ0v) is 7.72. The Bertz CT molecular complexity index is 120. The van der Waals surface area contributed by atoms with E-state index in [1.54, 1.807) is 0 Å². The van der Waals surface area contributed by atoms with Crippen molar-refractivity contribution in [3.8, 4) is 0 Å². The highest BCUT2D eigenvalue weighted by Crippen LogP contribution is 2.20. The molecule has 11 heavy (non-hydrogen) atoms. The van der Waals surface area contributed by atoms with Gasteiger partial charge in [-0.3, -0.25) is 0 Å². The zero-order chi connectivity index (χ0) is 8.48. The lowest BCUT2D eigenvalue weighted by Gasteiger charge is -2.23. The van der Waals surface area contributed by atoms with Crippen LogP contribution in [0.15, 0.2) is 0 Å². The van der Waals surface area contributed by atoms with Gasteiger partial charge in [0.25, 0.3) is 0 Å². The summed E-state index contributed by atoms with van der Waals surface area (Å²) in [6, 6.07) is 0. The smallest absolute Gasteiger partial charge is 0.0578 e. The van der Waals surface area contributed by atoms with E-state index < -0.39 is 0 Å². The van der Waals surface area contributed by atoms with Crippen LogP contribution in [0.4, 0.5) is 0 Å². The summed E-state index contributed by atoms with van der Waals surface area (Å²) < 4.78 is 0. The van der Waals surface area contributed by atoms with Crippen LogP contribution in [0.3, 0.4) is 0 Å². The van der Waals surface area contributed by atoms with E-state index in [9.17, 15) is 5.11 Å². The Morgan fingerprint density at radius 2 is 2.09 bits per heavy atom. The van der Waals surface area contributed by atoms with Gasteiger partial charge >= 0.3 is 0 Å². The molecule has 0 aliphatic carbocycles. The lowest BCUT2D eigenvalue weighted by atomic mass is 9.97. The first kappa shape index (κ1) is 9.01. The molecule has 0 saturated carbocycles. The van der Waals surface area contributed by atoms with E-state index >= 15 is 0 Å². The summed E-state index contributed by atoms with van der Waals surface area (Å²) in [7, 11) is 0. The molecule has 0 spiro atoms. The number of aliphatic hydroxyl groups is 1. The number of nitrogens with one attached hydrogen (secondary N) is 1. The van der Waals surface area contributed by atoms with Crippen LogP contribution in [0.5, 0.6) is 0 Å². The number of aliphatic hydroxyl groups excluding tert-OH is 1. The third-order valence-electron chi connectivity index (χ3n) is 2.62. The summed E-state index contributed by atoms with van der Waals surface area (Å²) in [4.78, 5) is 0. The zero-order valence-electron chi connectivity index (χ0n) is 7.72. The van der Waals surface area contributed by atoms with Crippen molar-refractivity contribution in [2.24, 2.45) is 5.92 Å². The Morgan fingerprint density at radius 3 is 2.73 bits per heavy atom. The van der Waals surface area contributed by atoms with Gasteiger partial charge in [-0.15, -0.1) is 0 Å². The topological polar surface area (TPSA) is 32.3 Å². The summed E-state index contributed by atoms with van der Waals surface area (Å²) in [6.07, 6.45) is 1.89. The van der Waals surface area contributed by atoms with Crippen molar-refractivity contribution in [1.82, 2.24) is 5.32 Å². The van der Waals surface area contributed by atoms with E-state index in [1.807, 2.05) is 0 Å². The Labute approximate surface area is 69.0 Å². The molecule has 2 unspecified atom stereocenters. The van der Waals surface area contributed by atoms with Gasteiger partial charge in [0.15, 0.2) is 0 Å². The molecule has 0 radical (unpaired) electrons. The van der Waals surface area contributed by atoms with E-state index in [0.29, 0.717) is 5.92 Å². The predicted octanol–water partition coefficient (Wildman–Crippen LogP) is 1.15. The molecule has 0 bridgehead atoms. The van der Waals surface area contributed by atoms with Gasteiger partial charge in [0.1, 0.15) is 0 Å². The summed E-state index contributed by atoms with van der Waals surface area (Å²) >= 11 is 0. The minimum absolute atomic E-state index is 0.107. The van der Waals surface area contributed by atoms with Crippen LogP contribution in [0, 0.1) is 5.92 Å². The average molecular weight is 157 g/mol. The van der Waals surface area contributed by atoms with Gasteiger partial charge < -0.3 is 10.4 Å². The monoisotopic (exact) mass is 157 g/mol. The Balaban J connectivity index is 2.51. The molecule has 0 aromatic rings. The van der Waals surface area contributed by atoms with Crippen LogP contribution in [-0.2, 0) is 0 Å². The fourth-order valence-corrected chi connectivity index (χ4v) is 1.45. The third-order valence-corrected chi connectivity index (χ3v) is 2.62. The quantitative estimate of drug-likeness (QED) is 0.553. The third kappa shape index (κ3) is 2.46. The fourth-order valence-electron chi connectivity index (χ4n) is 1.45. The SMILES string of the molecule is CC1CNC(C)(C)CCC1O. The maximum atomic E-state index is 9.55. The van der Waals surface area contributed by atoms with Crippen LogP contribution < -0.4 is 5.32 Å². The summed E-state index contributed by atoms with van der Waals surface area (Å²) in [6.45, 7) is 7.42. The second-order valence-corrected chi connectivity index (χ2v) is 4.35. The maximum Gasteiger partial charge on any atom is 0.0578 e. The molecule has 66 valence electrons. The predicted molar refractivity (Wildman–Crippen MR) is 46.5 cm³/mol. The molecule has 1 saturated heterocycles. The van der Waals surface area contributed by atoms with Crippen LogP contribution in [0.1, 0.15) is 33.6 Å². The molecule has 0 amide bonds. The molecule has 1 rings (SSSR count). The second kappa shape index (κ2) is 3.11. The molecule has 2 N–H and O–H groups in total. The first-order valence-corrected chi connectivity index (χ1v) is 4.44. The first-order valence-electron chi connectivity index (χ1n) is 4.44. The van der Waals surface area contributed by atoms with Crippen LogP contribution in [0.2, 0.25) is 0 Å². The number of hydrogen-bond donors (Lipinski definition) is 2. The van der Waals surface area contributed by atoms with Gasteiger partial charge in [0.05, 0.1) is 6.10 Å². The largest absolute Gasteiger partial charge is 0.393 e. The molecule has 1 aliphatic rings. The molecule has 1 aliphatic heterocycles.